The third-order valence-corrected chi connectivity index (χ3v) is 4.32. The maximum atomic E-state index is 11.8. The predicted molar refractivity (Wildman–Crippen MR) is 84.6 cm³/mol. The number of carbonyl (C=O) groups is 1. The molecular formula is C17H26N2O2. The van der Waals surface area contributed by atoms with Crippen LogP contribution in [0.3, 0.4) is 0 Å². The predicted octanol–water partition coefficient (Wildman–Crippen LogP) is 2.78. The van der Waals surface area contributed by atoms with Gasteiger partial charge in [-0.25, -0.2) is 0 Å². The van der Waals surface area contributed by atoms with Crippen LogP contribution in [0.5, 0.6) is 0 Å². The van der Waals surface area contributed by atoms with Gasteiger partial charge in [-0.1, -0.05) is 44.2 Å². The molecule has 116 valence electrons. The second-order valence-corrected chi connectivity index (χ2v) is 6.03. The lowest BCUT2D eigenvalue weighted by Gasteiger charge is -2.21. The average Bonchev–Trinajstić information content (AvgIpc) is 2.52. The van der Waals surface area contributed by atoms with Gasteiger partial charge < -0.3 is 16.2 Å². The molecule has 1 aromatic carbocycles. The summed E-state index contributed by atoms with van der Waals surface area (Å²) in [5.41, 5.74) is 7.05. The lowest BCUT2D eigenvalue weighted by atomic mass is 9.86. The lowest BCUT2D eigenvalue weighted by molar-refractivity contribution is -0.121. The van der Waals surface area contributed by atoms with E-state index < -0.39 is 6.10 Å². The monoisotopic (exact) mass is 290 g/mol. The summed E-state index contributed by atoms with van der Waals surface area (Å²) >= 11 is 0. The van der Waals surface area contributed by atoms with Crippen molar-refractivity contribution in [3.63, 3.8) is 0 Å². The van der Waals surface area contributed by atoms with E-state index in [0.717, 1.165) is 12.0 Å². The van der Waals surface area contributed by atoms with E-state index in [9.17, 15) is 9.90 Å². The first-order valence-corrected chi connectivity index (χ1v) is 7.95. The average molecular weight is 290 g/mol. The van der Waals surface area contributed by atoms with Crippen molar-refractivity contribution in [3.05, 3.63) is 29.8 Å². The first-order valence-electron chi connectivity index (χ1n) is 7.95. The van der Waals surface area contributed by atoms with Crippen LogP contribution < -0.4 is 11.1 Å². The zero-order chi connectivity index (χ0) is 15.1. The maximum Gasteiger partial charge on any atom is 0.220 e. The van der Waals surface area contributed by atoms with Gasteiger partial charge in [-0.05, 0) is 30.0 Å². The number of aliphatic hydroxyl groups is 1. The Kier molecular flexibility index (Phi) is 6.05. The highest BCUT2D eigenvalue weighted by Crippen LogP contribution is 2.27. The molecule has 4 heteroatoms. The highest BCUT2D eigenvalue weighted by Gasteiger charge is 2.15. The van der Waals surface area contributed by atoms with E-state index in [1.165, 1.54) is 32.1 Å². The summed E-state index contributed by atoms with van der Waals surface area (Å²) < 4.78 is 0. The molecule has 4 N–H and O–H groups in total. The Hall–Kier alpha value is -1.55. The summed E-state index contributed by atoms with van der Waals surface area (Å²) in [5, 5.41) is 12.8. The molecule has 0 bridgehead atoms. The molecule has 0 aromatic heterocycles. The van der Waals surface area contributed by atoms with Crippen molar-refractivity contribution >= 4 is 11.6 Å². The molecule has 0 radical (unpaired) electrons. The molecule has 4 nitrogen and oxygen atoms in total. The van der Waals surface area contributed by atoms with E-state index in [1.54, 1.807) is 24.3 Å². The number of carbonyl (C=O) groups excluding carboxylic acids is 1. The molecule has 0 heterocycles. The van der Waals surface area contributed by atoms with Gasteiger partial charge in [-0.2, -0.15) is 0 Å². The number of nitrogen functional groups attached to an aromatic ring is 1. The molecule has 1 amide bonds. The largest absolute Gasteiger partial charge is 0.399 e. The second kappa shape index (κ2) is 8.03. The summed E-state index contributed by atoms with van der Waals surface area (Å²) in [5.74, 6) is 0.751. The molecule has 1 aliphatic carbocycles. The molecule has 0 saturated heterocycles. The Bertz CT molecular complexity index is 439. The van der Waals surface area contributed by atoms with Gasteiger partial charge in [0.1, 0.15) is 0 Å². The SMILES string of the molecule is Nc1ccc(C(O)CNC(=O)CCC2CCCCC2)cc1. The van der Waals surface area contributed by atoms with Gasteiger partial charge in [0, 0.05) is 18.7 Å². The van der Waals surface area contributed by atoms with Crippen molar-refractivity contribution in [1.82, 2.24) is 5.32 Å². The van der Waals surface area contributed by atoms with E-state index in [2.05, 4.69) is 5.32 Å². The molecule has 2 rings (SSSR count). The van der Waals surface area contributed by atoms with E-state index in [4.69, 9.17) is 5.73 Å². The van der Waals surface area contributed by atoms with Crippen molar-refractivity contribution in [3.8, 4) is 0 Å². The minimum absolute atomic E-state index is 0.0371. The minimum atomic E-state index is -0.677. The molecule has 0 aliphatic heterocycles. The van der Waals surface area contributed by atoms with Crippen molar-refractivity contribution in [2.24, 2.45) is 5.92 Å². The quantitative estimate of drug-likeness (QED) is 0.705. The Morgan fingerprint density at radius 1 is 1.24 bits per heavy atom. The van der Waals surface area contributed by atoms with Gasteiger partial charge in [-0.3, -0.25) is 4.79 Å². The number of hydrogen-bond acceptors (Lipinski definition) is 3. The van der Waals surface area contributed by atoms with Crippen LogP contribution in [0.1, 0.15) is 56.6 Å². The standard InChI is InChI=1S/C17H26N2O2/c18-15-9-7-14(8-10-15)16(20)12-19-17(21)11-6-13-4-2-1-3-5-13/h7-10,13,16,20H,1-6,11-12,18H2,(H,19,21). The van der Waals surface area contributed by atoms with Crippen LogP contribution in [0.25, 0.3) is 0 Å². The number of nitrogens with one attached hydrogen (secondary N) is 1. The molecule has 1 fully saturated rings. The number of benzene rings is 1. The second-order valence-electron chi connectivity index (χ2n) is 6.03. The van der Waals surface area contributed by atoms with Gasteiger partial charge >= 0.3 is 0 Å². The summed E-state index contributed by atoms with van der Waals surface area (Å²) in [7, 11) is 0. The zero-order valence-electron chi connectivity index (χ0n) is 12.6. The van der Waals surface area contributed by atoms with Crippen LogP contribution in [-0.4, -0.2) is 17.6 Å². The van der Waals surface area contributed by atoms with Crippen molar-refractivity contribution in [1.29, 1.82) is 0 Å². The fraction of sp³-hybridized carbons (Fsp3) is 0.588. The number of amides is 1. The van der Waals surface area contributed by atoms with Gasteiger partial charge in [0.05, 0.1) is 6.10 Å². The Morgan fingerprint density at radius 3 is 2.57 bits per heavy atom. The van der Waals surface area contributed by atoms with Crippen molar-refractivity contribution in [2.45, 2.75) is 51.0 Å². The molecule has 1 aliphatic rings. The number of anilines is 1. The smallest absolute Gasteiger partial charge is 0.220 e. The van der Waals surface area contributed by atoms with Crippen LogP contribution in [0.4, 0.5) is 5.69 Å². The molecule has 1 unspecified atom stereocenters. The van der Waals surface area contributed by atoms with E-state index in [-0.39, 0.29) is 12.5 Å². The first-order chi connectivity index (χ1) is 10.1. The summed E-state index contributed by atoms with van der Waals surface area (Å²) in [4.78, 5) is 11.8. The minimum Gasteiger partial charge on any atom is -0.399 e. The molecule has 1 saturated carbocycles. The van der Waals surface area contributed by atoms with E-state index in [1.807, 2.05) is 0 Å². The normalized spacial score (nSPS) is 17.4. The van der Waals surface area contributed by atoms with E-state index >= 15 is 0 Å². The third-order valence-electron chi connectivity index (χ3n) is 4.32. The lowest BCUT2D eigenvalue weighted by Crippen LogP contribution is -2.28. The van der Waals surface area contributed by atoms with Gasteiger partial charge in [-0.15, -0.1) is 0 Å². The van der Waals surface area contributed by atoms with Crippen LogP contribution in [0.2, 0.25) is 0 Å². The maximum absolute atomic E-state index is 11.8. The number of hydrogen-bond donors (Lipinski definition) is 3. The summed E-state index contributed by atoms with van der Waals surface area (Å²) in [6.07, 6.45) is 7.36. The Balaban J connectivity index is 1.67. The van der Waals surface area contributed by atoms with Crippen molar-refractivity contribution < 1.29 is 9.90 Å². The van der Waals surface area contributed by atoms with Crippen LogP contribution in [-0.2, 0) is 4.79 Å². The zero-order valence-corrected chi connectivity index (χ0v) is 12.6. The third kappa shape index (κ3) is 5.38. The van der Waals surface area contributed by atoms with Gasteiger partial charge in [0.15, 0.2) is 0 Å². The molecule has 0 spiro atoms. The highest BCUT2D eigenvalue weighted by atomic mass is 16.3. The summed E-state index contributed by atoms with van der Waals surface area (Å²) in [6, 6.07) is 7.08. The molecular weight excluding hydrogens is 264 g/mol. The molecule has 21 heavy (non-hydrogen) atoms. The number of nitrogens with two attached hydrogens (primary N) is 1. The van der Waals surface area contributed by atoms with E-state index in [0.29, 0.717) is 18.0 Å². The van der Waals surface area contributed by atoms with Crippen LogP contribution in [0, 0.1) is 5.92 Å². The number of rotatable bonds is 6. The summed E-state index contributed by atoms with van der Waals surface area (Å²) in [6.45, 7) is 0.257. The number of aliphatic hydroxyl groups excluding tert-OH is 1. The fourth-order valence-corrected chi connectivity index (χ4v) is 2.95. The highest BCUT2D eigenvalue weighted by molar-refractivity contribution is 5.75. The van der Waals surface area contributed by atoms with Crippen LogP contribution >= 0.6 is 0 Å². The Morgan fingerprint density at radius 2 is 1.90 bits per heavy atom. The Labute approximate surface area is 126 Å². The molecule has 1 aromatic rings. The van der Waals surface area contributed by atoms with Gasteiger partial charge in [0.2, 0.25) is 5.91 Å². The fourth-order valence-electron chi connectivity index (χ4n) is 2.95. The van der Waals surface area contributed by atoms with Crippen molar-refractivity contribution in [2.75, 3.05) is 12.3 Å². The van der Waals surface area contributed by atoms with Gasteiger partial charge in [0.25, 0.3) is 0 Å². The topological polar surface area (TPSA) is 75.3 Å². The van der Waals surface area contributed by atoms with Crippen LogP contribution in [0.15, 0.2) is 24.3 Å². The first kappa shape index (κ1) is 15.8. The molecule has 1 atom stereocenters.